The van der Waals surface area contributed by atoms with Crippen molar-refractivity contribution in [2.75, 3.05) is 13.2 Å². The largest absolute Gasteiger partial charge is 0.396 e. The summed E-state index contributed by atoms with van der Waals surface area (Å²) in [6, 6.07) is 0. The Labute approximate surface area is 84.3 Å². The van der Waals surface area contributed by atoms with E-state index in [0.717, 1.165) is 25.7 Å². The molecule has 0 saturated heterocycles. The quantitative estimate of drug-likeness (QED) is 0.735. The van der Waals surface area contributed by atoms with E-state index < -0.39 is 0 Å². The first-order chi connectivity index (χ1) is 5.12. The molecule has 0 bridgehead atoms. The van der Waals surface area contributed by atoms with Gasteiger partial charge in [0.25, 0.3) is 0 Å². The van der Waals surface area contributed by atoms with Crippen molar-refractivity contribution in [3.63, 3.8) is 0 Å². The second-order valence-corrected chi connectivity index (χ2v) is 6.61. The van der Waals surface area contributed by atoms with Crippen LogP contribution in [0.15, 0.2) is 0 Å². The van der Waals surface area contributed by atoms with Gasteiger partial charge >= 0.3 is 0 Å². The standard InChI is InChI=1S/C7H14Br2O2/c8-7(9,3-1-5-10)4-2-6-11/h10-11H,1-6H2. The lowest BCUT2D eigenvalue weighted by atomic mass is 10.1. The van der Waals surface area contributed by atoms with Gasteiger partial charge in [0.2, 0.25) is 0 Å². The number of aliphatic hydroxyl groups excluding tert-OH is 2. The highest BCUT2D eigenvalue weighted by Gasteiger charge is 2.20. The highest BCUT2D eigenvalue weighted by atomic mass is 79.9. The fraction of sp³-hybridized carbons (Fsp3) is 1.00. The highest BCUT2D eigenvalue weighted by molar-refractivity contribution is 9.25. The summed E-state index contributed by atoms with van der Waals surface area (Å²) in [4.78, 5) is 0. The third-order valence-electron chi connectivity index (χ3n) is 1.40. The summed E-state index contributed by atoms with van der Waals surface area (Å²) < 4.78 is -0.0918. The zero-order valence-corrected chi connectivity index (χ0v) is 9.56. The fourth-order valence-electron chi connectivity index (χ4n) is 0.800. The van der Waals surface area contributed by atoms with Gasteiger partial charge in [-0.1, -0.05) is 31.9 Å². The van der Waals surface area contributed by atoms with Gasteiger partial charge in [-0.25, -0.2) is 0 Å². The Bertz CT molecular complexity index is 86.4. The van der Waals surface area contributed by atoms with Gasteiger partial charge in [0.15, 0.2) is 0 Å². The highest BCUT2D eigenvalue weighted by Crippen LogP contribution is 2.35. The van der Waals surface area contributed by atoms with Gasteiger partial charge in [-0.05, 0) is 25.7 Å². The molecule has 68 valence electrons. The van der Waals surface area contributed by atoms with Crippen molar-refractivity contribution < 1.29 is 10.2 Å². The number of aliphatic hydroxyl groups is 2. The van der Waals surface area contributed by atoms with E-state index in [9.17, 15) is 0 Å². The predicted octanol–water partition coefficient (Wildman–Crippen LogP) is 2.02. The topological polar surface area (TPSA) is 40.5 Å². The fourth-order valence-corrected chi connectivity index (χ4v) is 1.92. The second-order valence-electron chi connectivity index (χ2n) is 2.51. The molecule has 0 aromatic rings. The molecular formula is C7H14Br2O2. The first-order valence-electron chi connectivity index (χ1n) is 3.72. The van der Waals surface area contributed by atoms with Crippen LogP contribution in [-0.4, -0.2) is 26.7 Å². The van der Waals surface area contributed by atoms with Crippen LogP contribution in [0.2, 0.25) is 0 Å². The molecule has 4 heteroatoms. The molecule has 0 unspecified atom stereocenters. The lowest BCUT2D eigenvalue weighted by Crippen LogP contribution is -2.12. The number of halogens is 2. The molecule has 0 aromatic carbocycles. The van der Waals surface area contributed by atoms with Crippen LogP contribution in [0, 0.1) is 0 Å². The Kier molecular flexibility index (Phi) is 6.91. The van der Waals surface area contributed by atoms with E-state index in [1.807, 2.05) is 0 Å². The Morgan fingerprint density at radius 1 is 0.909 bits per heavy atom. The van der Waals surface area contributed by atoms with Crippen molar-refractivity contribution in [3.8, 4) is 0 Å². The van der Waals surface area contributed by atoms with Gasteiger partial charge in [-0.3, -0.25) is 0 Å². The third-order valence-corrected chi connectivity index (χ3v) is 2.99. The number of alkyl halides is 2. The molecule has 2 nitrogen and oxygen atoms in total. The molecule has 0 radical (unpaired) electrons. The van der Waals surface area contributed by atoms with Crippen LogP contribution in [-0.2, 0) is 0 Å². The molecular weight excluding hydrogens is 276 g/mol. The Morgan fingerprint density at radius 2 is 1.27 bits per heavy atom. The average Bonchev–Trinajstić information content (AvgIpc) is 1.97. The Balaban J connectivity index is 3.43. The van der Waals surface area contributed by atoms with E-state index in [0.29, 0.717) is 0 Å². The Hall–Kier alpha value is 0.880. The molecule has 0 heterocycles. The van der Waals surface area contributed by atoms with Crippen molar-refractivity contribution in [3.05, 3.63) is 0 Å². The summed E-state index contributed by atoms with van der Waals surface area (Å²) in [6.07, 6.45) is 3.32. The number of hydrogen-bond donors (Lipinski definition) is 2. The summed E-state index contributed by atoms with van der Waals surface area (Å²) in [5, 5.41) is 17.1. The summed E-state index contributed by atoms with van der Waals surface area (Å²) in [5.41, 5.74) is 0. The Morgan fingerprint density at radius 3 is 1.55 bits per heavy atom. The van der Waals surface area contributed by atoms with E-state index in [1.54, 1.807) is 0 Å². The summed E-state index contributed by atoms with van der Waals surface area (Å²) in [5.74, 6) is 0. The minimum Gasteiger partial charge on any atom is -0.396 e. The summed E-state index contributed by atoms with van der Waals surface area (Å²) in [7, 11) is 0. The molecule has 0 aromatic heterocycles. The van der Waals surface area contributed by atoms with Gasteiger partial charge in [0.1, 0.15) is 0 Å². The van der Waals surface area contributed by atoms with Crippen molar-refractivity contribution in [2.24, 2.45) is 0 Å². The number of hydrogen-bond acceptors (Lipinski definition) is 2. The van der Waals surface area contributed by atoms with E-state index in [2.05, 4.69) is 31.9 Å². The van der Waals surface area contributed by atoms with Crippen LogP contribution in [0.1, 0.15) is 25.7 Å². The molecule has 0 aliphatic rings. The smallest absolute Gasteiger partial charge is 0.0807 e. The first-order valence-corrected chi connectivity index (χ1v) is 5.30. The van der Waals surface area contributed by atoms with Gasteiger partial charge in [0.05, 0.1) is 3.23 Å². The van der Waals surface area contributed by atoms with Crippen LogP contribution < -0.4 is 0 Å². The second kappa shape index (κ2) is 6.40. The molecule has 2 N–H and O–H groups in total. The third kappa shape index (κ3) is 7.25. The first kappa shape index (κ1) is 11.9. The maximum atomic E-state index is 8.56. The van der Waals surface area contributed by atoms with E-state index in [1.165, 1.54) is 0 Å². The average molecular weight is 290 g/mol. The lowest BCUT2D eigenvalue weighted by Gasteiger charge is -2.18. The maximum Gasteiger partial charge on any atom is 0.0807 e. The normalized spacial score (nSPS) is 12.0. The lowest BCUT2D eigenvalue weighted by molar-refractivity contribution is 0.271. The monoisotopic (exact) mass is 288 g/mol. The van der Waals surface area contributed by atoms with Crippen molar-refractivity contribution in [1.82, 2.24) is 0 Å². The molecule has 0 saturated carbocycles. The minimum atomic E-state index is -0.0918. The van der Waals surface area contributed by atoms with Gasteiger partial charge in [0, 0.05) is 13.2 Å². The molecule has 0 aliphatic heterocycles. The molecule has 0 aliphatic carbocycles. The molecule has 0 fully saturated rings. The van der Waals surface area contributed by atoms with Crippen LogP contribution in [0.25, 0.3) is 0 Å². The molecule has 0 rings (SSSR count). The zero-order chi connectivity index (χ0) is 8.74. The van der Waals surface area contributed by atoms with Gasteiger partial charge < -0.3 is 10.2 Å². The molecule has 11 heavy (non-hydrogen) atoms. The van der Waals surface area contributed by atoms with E-state index in [-0.39, 0.29) is 16.4 Å². The minimum absolute atomic E-state index is 0.0918. The van der Waals surface area contributed by atoms with Gasteiger partial charge in [-0.15, -0.1) is 0 Å². The predicted molar refractivity (Wildman–Crippen MR) is 53.2 cm³/mol. The molecule has 0 atom stereocenters. The zero-order valence-electron chi connectivity index (χ0n) is 6.39. The van der Waals surface area contributed by atoms with Crippen LogP contribution in [0.3, 0.4) is 0 Å². The van der Waals surface area contributed by atoms with E-state index in [4.69, 9.17) is 10.2 Å². The van der Waals surface area contributed by atoms with Gasteiger partial charge in [-0.2, -0.15) is 0 Å². The molecule has 0 spiro atoms. The maximum absolute atomic E-state index is 8.56. The van der Waals surface area contributed by atoms with E-state index >= 15 is 0 Å². The SMILES string of the molecule is OCCCC(Br)(Br)CCCO. The van der Waals surface area contributed by atoms with Crippen molar-refractivity contribution >= 4 is 31.9 Å². The van der Waals surface area contributed by atoms with Crippen molar-refractivity contribution in [1.29, 1.82) is 0 Å². The van der Waals surface area contributed by atoms with Crippen LogP contribution in [0.4, 0.5) is 0 Å². The van der Waals surface area contributed by atoms with Crippen LogP contribution in [0.5, 0.6) is 0 Å². The van der Waals surface area contributed by atoms with Crippen LogP contribution >= 0.6 is 31.9 Å². The molecule has 0 amide bonds. The summed E-state index contributed by atoms with van der Waals surface area (Å²) >= 11 is 6.96. The van der Waals surface area contributed by atoms with Crippen molar-refractivity contribution in [2.45, 2.75) is 28.9 Å². The number of rotatable bonds is 6. The summed E-state index contributed by atoms with van der Waals surface area (Å²) in [6.45, 7) is 0.441.